The Morgan fingerprint density at radius 3 is 2.33 bits per heavy atom. The van der Waals surface area contributed by atoms with Crippen molar-refractivity contribution in [1.82, 2.24) is 4.67 Å². The molecule has 1 rings (SSSR count). The second-order valence-corrected chi connectivity index (χ2v) is 7.95. The van der Waals surface area contributed by atoms with Gasteiger partial charge in [-0.2, -0.15) is 5.26 Å². The Morgan fingerprint density at radius 1 is 1.29 bits per heavy atom. The summed E-state index contributed by atoms with van der Waals surface area (Å²) in [4.78, 5) is 0. The molecule has 0 bridgehead atoms. The highest BCUT2D eigenvalue weighted by Crippen LogP contribution is 2.56. The Labute approximate surface area is 142 Å². The summed E-state index contributed by atoms with van der Waals surface area (Å²) in [6.45, 7) is 6.60. The quantitative estimate of drug-likeness (QED) is 0.396. The van der Waals surface area contributed by atoms with Gasteiger partial charge in [0.1, 0.15) is 18.3 Å². The molecule has 5 atom stereocenters. The van der Waals surface area contributed by atoms with Crippen molar-refractivity contribution in [3.63, 3.8) is 0 Å². The van der Waals surface area contributed by atoms with Crippen molar-refractivity contribution in [2.45, 2.75) is 70.8 Å². The molecule has 0 aromatic carbocycles. The molecule has 3 N–H and O–H groups in total. The van der Waals surface area contributed by atoms with Gasteiger partial charge in [0.15, 0.2) is 6.29 Å². The van der Waals surface area contributed by atoms with Crippen LogP contribution in [0.1, 0.15) is 34.1 Å². The van der Waals surface area contributed by atoms with Crippen LogP contribution in [0.25, 0.3) is 0 Å². The van der Waals surface area contributed by atoms with Crippen LogP contribution in [0.15, 0.2) is 0 Å². The van der Waals surface area contributed by atoms with E-state index in [-0.39, 0.29) is 25.1 Å². The van der Waals surface area contributed by atoms with Crippen LogP contribution in [0, 0.1) is 11.3 Å². The first-order chi connectivity index (χ1) is 11.2. The predicted molar refractivity (Wildman–Crippen MR) is 84.7 cm³/mol. The van der Waals surface area contributed by atoms with Crippen LogP contribution in [-0.4, -0.2) is 69.9 Å². The van der Waals surface area contributed by atoms with Crippen molar-refractivity contribution in [2.75, 3.05) is 13.2 Å². The summed E-state index contributed by atoms with van der Waals surface area (Å²) in [6.07, 6.45) is -5.27. The molecule has 0 aromatic heterocycles. The first-order valence-corrected chi connectivity index (χ1v) is 9.38. The summed E-state index contributed by atoms with van der Waals surface area (Å²) in [5.41, 5.74) is 0. The van der Waals surface area contributed by atoms with Crippen LogP contribution in [0.5, 0.6) is 0 Å². The number of nitrogens with zero attached hydrogens (tertiary/aromatic N) is 2. The van der Waals surface area contributed by atoms with Gasteiger partial charge in [-0.1, -0.05) is 0 Å². The van der Waals surface area contributed by atoms with Crippen LogP contribution in [0.3, 0.4) is 0 Å². The molecule has 2 unspecified atom stereocenters. The maximum atomic E-state index is 13.4. The van der Waals surface area contributed by atoms with E-state index in [0.717, 1.165) is 0 Å². The van der Waals surface area contributed by atoms with Crippen LogP contribution >= 0.6 is 7.75 Å². The zero-order valence-electron chi connectivity index (χ0n) is 14.4. The van der Waals surface area contributed by atoms with E-state index in [4.69, 9.17) is 19.0 Å². The highest BCUT2D eigenvalue weighted by molar-refractivity contribution is 7.51. The van der Waals surface area contributed by atoms with Crippen LogP contribution in [0.2, 0.25) is 0 Å². The molecule has 10 heteroatoms. The molecule has 0 amide bonds. The smallest absolute Gasteiger partial charge is 0.394 e. The number of hydrogen-bond donors (Lipinski definition) is 3. The molecule has 0 radical (unpaired) electrons. The summed E-state index contributed by atoms with van der Waals surface area (Å²) >= 11 is 0. The molecule has 9 nitrogen and oxygen atoms in total. The minimum Gasteiger partial charge on any atom is -0.394 e. The lowest BCUT2D eigenvalue weighted by Crippen LogP contribution is -2.41. The third-order valence-electron chi connectivity index (χ3n) is 3.55. The van der Waals surface area contributed by atoms with Gasteiger partial charge in [-0.3, -0.25) is 9.05 Å². The van der Waals surface area contributed by atoms with E-state index in [1.165, 1.54) is 4.67 Å². The highest BCUT2D eigenvalue weighted by Gasteiger charge is 2.49. The minimum atomic E-state index is -3.92. The van der Waals surface area contributed by atoms with Gasteiger partial charge in [0.05, 0.1) is 25.7 Å². The Kier molecular flexibility index (Phi) is 8.26. The van der Waals surface area contributed by atoms with Crippen molar-refractivity contribution in [3.05, 3.63) is 0 Å². The number of aliphatic hydroxyl groups excluding tert-OH is 3. The van der Waals surface area contributed by atoms with Crippen molar-refractivity contribution in [3.8, 4) is 6.07 Å². The summed E-state index contributed by atoms with van der Waals surface area (Å²) in [6, 6.07) is 1.47. The van der Waals surface area contributed by atoms with Crippen LogP contribution in [-0.2, 0) is 18.3 Å². The maximum absolute atomic E-state index is 13.4. The Balaban J connectivity index is 3.08. The predicted octanol–water partition coefficient (Wildman–Crippen LogP) is 0.599. The number of hydrogen-bond acceptors (Lipinski definition) is 8. The number of rotatable bonds is 9. The second-order valence-electron chi connectivity index (χ2n) is 6.09. The molecule has 24 heavy (non-hydrogen) atoms. The zero-order valence-corrected chi connectivity index (χ0v) is 15.3. The summed E-state index contributed by atoms with van der Waals surface area (Å²) in [5.74, 6) is 0. The lowest BCUT2D eigenvalue weighted by atomic mass is 10.1. The van der Waals surface area contributed by atoms with Crippen molar-refractivity contribution in [2.24, 2.45) is 0 Å². The monoisotopic (exact) mass is 366 g/mol. The fourth-order valence-corrected chi connectivity index (χ4v) is 4.99. The normalized spacial score (nSPS) is 30.0. The molecule has 1 aliphatic heterocycles. The number of aliphatic hydroxyl groups is 3. The van der Waals surface area contributed by atoms with Crippen molar-refractivity contribution < 1.29 is 33.7 Å². The van der Waals surface area contributed by atoms with E-state index in [1.807, 2.05) is 33.8 Å². The van der Waals surface area contributed by atoms with Gasteiger partial charge >= 0.3 is 7.75 Å². The fraction of sp³-hybridized carbons (Fsp3) is 0.929. The van der Waals surface area contributed by atoms with Crippen LogP contribution in [0.4, 0.5) is 0 Å². The third kappa shape index (κ3) is 4.97. The molecule has 1 fully saturated rings. The van der Waals surface area contributed by atoms with Gasteiger partial charge in [0.25, 0.3) is 0 Å². The first kappa shape index (κ1) is 21.5. The minimum absolute atomic E-state index is 0.0210. The van der Waals surface area contributed by atoms with Crippen molar-refractivity contribution in [1.29, 1.82) is 5.26 Å². The summed E-state index contributed by atoms with van der Waals surface area (Å²) < 4.78 is 30.9. The van der Waals surface area contributed by atoms with Crippen molar-refractivity contribution >= 4 is 7.75 Å². The highest BCUT2D eigenvalue weighted by atomic mass is 31.2. The van der Waals surface area contributed by atoms with E-state index < -0.39 is 39.0 Å². The van der Waals surface area contributed by atoms with Gasteiger partial charge < -0.3 is 20.1 Å². The Morgan fingerprint density at radius 2 is 1.88 bits per heavy atom. The van der Waals surface area contributed by atoms with Crippen LogP contribution < -0.4 is 0 Å². The van der Waals surface area contributed by atoms with Gasteiger partial charge in [-0.15, -0.1) is 0 Å². The topological polar surface area (TPSA) is 132 Å². The maximum Gasteiger partial charge on any atom is 0.409 e. The zero-order chi connectivity index (χ0) is 18.5. The molecule has 0 saturated carbocycles. The molecule has 0 aromatic rings. The van der Waals surface area contributed by atoms with E-state index in [9.17, 15) is 19.9 Å². The lowest BCUT2D eigenvalue weighted by molar-refractivity contribution is -0.132. The van der Waals surface area contributed by atoms with E-state index in [0.29, 0.717) is 0 Å². The number of nitriles is 1. The molecule has 1 saturated heterocycles. The third-order valence-corrected chi connectivity index (χ3v) is 6.06. The number of ether oxygens (including phenoxy) is 1. The molecule has 0 spiro atoms. The average Bonchev–Trinajstić information content (AvgIpc) is 2.74. The van der Waals surface area contributed by atoms with Gasteiger partial charge in [0, 0.05) is 12.1 Å². The summed E-state index contributed by atoms with van der Waals surface area (Å²) in [7, 11) is -3.92. The second kappa shape index (κ2) is 9.22. The van der Waals surface area contributed by atoms with Gasteiger partial charge in [-0.05, 0) is 27.7 Å². The molecule has 1 aliphatic rings. The lowest BCUT2D eigenvalue weighted by Gasteiger charge is -2.37. The van der Waals surface area contributed by atoms with E-state index in [2.05, 4.69) is 0 Å². The van der Waals surface area contributed by atoms with Gasteiger partial charge in [0.2, 0.25) is 0 Å². The average molecular weight is 366 g/mol. The fourth-order valence-electron chi connectivity index (χ4n) is 2.67. The SMILES string of the molecule is CC(C)N(C(C)C)P(=O)(OCCC#N)O[C@@H]1[C@@H](CO)OC(O)[C@@H]1O. The molecule has 0 aliphatic carbocycles. The molecular weight excluding hydrogens is 339 g/mol. The van der Waals surface area contributed by atoms with E-state index in [1.54, 1.807) is 0 Å². The van der Waals surface area contributed by atoms with E-state index >= 15 is 0 Å². The molecule has 1 heterocycles. The molecular formula is C14H27N2O7P. The Hall–Kier alpha value is -0.560. The largest absolute Gasteiger partial charge is 0.409 e. The molecule has 140 valence electrons. The first-order valence-electron chi connectivity index (χ1n) is 7.89. The Bertz CT molecular complexity index is 474. The van der Waals surface area contributed by atoms with Gasteiger partial charge in [-0.25, -0.2) is 9.24 Å². The summed E-state index contributed by atoms with van der Waals surface area (Å²) in [5, 5.41) is 37.6. The standard InChI is InChI=1S/C14H27N2O7P/c1-9(2)16(10(3)4)24(20,21-7-5-6-15)23-13-11(8-17)22-14(19)12(13)18/h9-14,17-19H,5,7-8H2,1-4H3/t11-,12-,13-,14?,24?/m1/s1.